The maximum absolute atomic E-state index is 4.01. The van der Waals surface area contributed by atoms with Crippen molar-refractivity contribution in [1.29, 1.82) is 0 Å². The third kappa shape index (κ3) is 2.03. The molecule has 0 saturated heterocycles. The van der Waals surface area contributed by atoms with Crippen LogP contribution in [-0.2, 0) is 0 Å². The number of hydrogen-bond donors (Lipinski definition) is 1. The Bertz CT molecular complexity index is 298. The van der Waals surface area contributed by atoms with Crippen molar-refractivity contribution >= 4 is 0 Å². The van der Waals surface area contributed by atoms with Gasteiger partial charge in [0.05, 0.1) is 0 Å². The summed E-state index contributed by atoms with van der Waals surface area (Å²) in [5.74, 6) is 1.95. The van der Waals surface area contributed by atoms with Crippen molar-refractivity contribution in [2.24, 2.45) is 22.7 Å². The molecule has 1 N–H and O–H groups in total. The zero-order valence-electron chi connectivity index (χ0n) is 12.6. The van der Waals surface area contributed by atoms with E-state index in [0.717, 1.165) is 17.9 Å². The van der Waals surface area contributed by atoms with E-state index in [2.05, 4.69) is 26.1 Å². The molecule has 3 aliphatic rings. The minimum atomic E-state index is 0.529. The van der Waals surface area contributed by atoms with E-state index < -0.39 is 0 Å². The Balaban J connectivity index is 1.61. The lowest BCUT2D eigenvalue weighted by molar-refractivity contribution is 0.103. The van der Waals surface area contributed by atoms with Crippen LogP contribution in [0.1, 0.15) is 72.1 Å². The molecule has 104 valence electrons. The van der Waals surface area contributed by atoms with Gasteiger partial charge in [-0.05, 0) is 61.3 Å². The molecule has 3 saturated carbocycles. The highest BCUT2D eigenvalue weighted by Crippen LogP contribution is 2.62. The molecule has 3 unspecified atom stereocenters. The molecule has 0 spiro atoms. The van der Waals surface area contributed by atoms with E-state index in [-0.39, 0.29) is 0 Å². The highest BCUT2D eigenvalue weighted by molar-refractivity contribution is 5.12. The first-order valence-corrected chi connectivity index (χ1v) is 8.26. The Morgan fingerprint density at radius 3 is 2.33 bits per heavy atom. The van der Waals surface area contributed by atoms with Gasteiger partial charge in [-0.3, -0.25) is 0 Å². The van der Waals surface area contributed by atoms with Gasteiger partial charge in [-0.15, -0.1) is 0 Å². The molecule has 3 aliphatic carbocycles. The Morgan fingerprint density at radius 2 is 1.72 bits per heavy atom. The van der Waals surface area contributed by atoms with Crippen molar-refractivity contribution < 1.29 is 0 Å². The highest BCUT2D eigenvalue weighted by Gasteiger charge is 2.58. The molecular weight excluding hydrogens is 218 g/mol. The van der Waals surface area contributed by atoms with E-state index >= 15 is 0 Å². The molecule has 2 bridgehead atoms. The van der Waals surface area contributed by atoms with Crippen molar-refractivity contribution in [3.8, 4) is 0 Å². The molecule has 0 aromatic carbocycles. The number of nitrogens with one attached hydrogen (secondary N) is 1. The van der Waals surface area contributed by atoms with Gasteiger partial charge in [0, 0.05) is 6.04 Å². The molecule has 18 heavy (non-hydrogen) atoms. The van der Waals surface area contributed by atoms with Gasteiger partial charge in [0.15, 0.2) is 0 Å². The molecule has 0 aromatic rings. The summed E-state index contributed by atoms with van der Waals surface area (Å²) in [6, 6.07) is 0.769. The van der Waals surface area contributed by atoms with Crippen LogP contribution in [0, 0.1) is 22.7 Å². The summed E-state index contributed by atoms with van der Waals surface area (Å²) in [5, 5.41) is 4.01. The van der Waals surface area contributed by atoms with Crippen LogP contribution in [0.5, 0.6) is 0 Å². The third-order valence-electron chi connectivity index (χ3n) is 6.61. The van der Waals surface area contributed by atoms with Gasteiger partial charge in [0.2, 0.25) is 0 Å². The third-order valence-corrected chi connectivity index (χ3v) is 6.61. The number of fused-ring (bicyclic) bond motifs is 2. The normalized spacial score (nSPS) is 43.5. The van der Waals surface area contributed by atoms with E-state index in [9.17, 15) is 0 Å². The highest BCUT2D eigenvalue weighted by atomic mass is 15.0. The van der Waals surface area contributed by atoms with E-state index in [0.29, 0.717) is 10.8 Å². The van der Waals surface area contributed by atoms with Gasteiger partial charge in [0.1, 0.15) is 0 Å². The first kappa shape index (κ1) is 13.0. The summed E-state index contributed by atoms with van der Waals surface area (Å²) in [6.07, 6.45) is 11.8. The molecule has 0 heterocycles. The summed E-state index contributed by atoms with van der Waals surface area (Å²) in [4.78, 5) is 0. The monoisotopic (exact) mass is 249 g/mol. The van der Waals surface area contributed by atoms with Crippen LogP contribution in [0.15, 0.2) is 0 Å². The van der Waals surface area contributed by atoms with Crippen molar-refractivity contribution in [3.05, 3.63) is 0 Å². The van der Waals surface area contributed by atoms with E-state index in [1.807, 2.05) is 0 Å². The summed E-state index contributed by atoms with van der Waals surface area (Å²) in [6.45, 7) is 8.86. The largest absolute Gasteiger partial charge is 0.313 e. The minimum Gasteiger partial charge on any atom is -0.313 e. The van der Waals surface area contributed by atoms with Crippen molar-refractivity contribution in [3.63, 3.8) is 0 Å². The maximum Gasteiger partial charge on any atom is 0.0175 e. The van der Waals surface area contributed by atoms with Gasteiger partial charge in [-0.25, -0.2) is 0 Å². The van der Waals surface area contributed by atoms with Crippen molar-refractivity contribution in [2.75, 3.05) is 6.54 Å². The maximum atomic E-state index is 4.01. The average molecular weight is 249 g/mol. The van der Waals surface area contributed by atoms with Crippen LogP contribution in [0.25, 0.3) is 0 Å². The van der Waals surface area contributed by atoms with Crippen LogP contribution in [-0.4, -0.2) is 12.6 Å². The smallest absolute Gasteiger partial charge is 0.0175 e. The fraction of sp³-hybridized carbons (Fsp3) is 1.00. The van der Waals surface area contributed by atoms with Crippen LogP contribution >= 0.6 is 0 Å². The van der Waals surface area contributed by atoms with Crippen LogP contribution in [0.3, 0.4) is 0 Å². The van der Waals surface area contributed by atoms with Gasteiger partial charge in [-0.2, -0.15) is 0 Å². The Kier molecular flexibility index (Phi) is 3.25. The first-order valence-electron chi connectivity index (χ1n) is 8.26. The van der Waals surface area contributed by atoms with E-state index in [1.165, 1.54) is 57.9 Å². The molecule has 0 amide bonds. The Hall–Kier alpha value is -0.0400. The lowest BCUT2D eigenvalue weighted by atomic mass is 9.68. The molecule has 1 nitrogen and oxygen atoms in total. The molecule has 3 rings (SSSR count). The second-order valence-corrected chi connectivity index (χ2v) is 8.26. The van der Waals surface area contributed by atoms with Gasteiger partial charge >= 0.3 is 0 Å². The molecule has 1 heteroatoms. The Labute approximate surface area is 113 Å². The second kappa shape index (κ2) is 4.51. The van der Waals surface area contributed by atoms with Crippen molar-refractivity contribution in [2.45, 2.75) is 78.2 Å². The quantitative estimate of drug-likeness (QED) is 0.783. The van der Waals surface area contributed by atoms with E-state index in [4.69, 9.17) is 0 Å². The topological polar surface area (TPSA) is 12.0 Å². The number of rotatable bonds is 3. The molecule has 3 fully saturated rings. The Morgan fingerprint density at radius 1 is 1.00 bits per heavy atom. The van der Waals surface area contributed by atoms with Crippen LogP contribution in [0.4, 0.5) is 0 Å². The standard InChI is InChI=1S/C17H31N/c1-16(2)14-9-10-17(3,11-14)15(16)18-12-13-7-5-4-6-8-13/h13-15,18H,4-12H2,1-3H3. The molecule has 0 aromatic heterocycles. The van der Waals surface area contributed by atoms with Crippen LogP contribution in [0.2, 0.25) is 0 Å². The molecule has 3 atom stereocenters. The zero-order valence-corrected chi connectivity index (χ0v) is 12.6. The summed E-state index contributed by atoms with van der Waals surface area (Å²) in [7, 11) is 0. The van der Waals surface area contributed by atoms with Gasteiger partial charge in [0.25, 0.3) is 0 Å². The lowest BCUT2D eigenvalue weighted by Gasteiger charge is -2.44. The zero-order chi connectivity index (χ0) is 12.8. The fourth-order valence-corrected chi connectivity index (χ4v) is 5.49. The molecular formula is C17H31N. The van der Waals surface area contributed by atoms with E-state index in [1.54, 1.807) is 0 Å². The van der Waals surface area contributed by atoms with Gasteiger partial charge in [-0.1, -0.05) is 40.0 Å². The summed E-state index contributed by atoms with van der Waals surface area (Å²) < 4.78 is 0. The summed E-state index contributed by atoms with van der Waals surface area (Å²) in [5.41, 5.74) is 1.13. The average Bonchev–Trinajstić information content (AvgIpc) is 2.81. The first-order chi connectivity index (χ1) is 8.52. The lowest BCUT2D eigenvalue weighted by Crippen LogP contribution is -2.51. The molecule has 0 radical (unpaired) electrons. The predicted molar refractivity (Wildman–Crippen MR) is 77.6 cm³/mol. The van der Waals surface area contributed by atoms with Crippen molar-refractivity contribution in [1.82, 2.24) is 5.32 Å². The number of hydrogen-bond acceptors (Lipinski definition) is 1. The van der Waals surface area contributed by atoms with Gasteiger partial charge < -0.3 is 5.32 Å². The second-order valence-electron chi connectivity index (χ2n) is 8.26. The molecule has 0 aliphatic heterocycles. The summed E-state index contributed by atoms with van der Waals surface area (Å²) >= 11 is 0. The van der Waals surface area contributed by atoms with Crippen LogP contribution < -0.4 is 5.32 Å². The minimum absolute atomic E-state index is 0.529. The predicted octanol–water partition coefficient (Wildman–Crippen LogP) is 4.37. The fourth-order valence-electron chi connectivity index (χ4n) is 5.49. The SMILES string of the molecule is CC12CCC(C1)C(C)(C)C2NCC1CCCCC1.